The zero-order chi connectivity index (χ0) is 42.5. The van der Waals surface area contributed by atoms with Crippen LogP contribution in [0.3, 0.4) is 0 Å². The zero-order valence-electron chi connectivity index (χ0n) is 33.8. The molecular weight excluding hydrogens is 732 g/mol. The fourth-order valence-corrected chi connectivity index (χ4v) is 7.58. The van der Waals surface area contributed by atoms with Gasteiger partial charge in [0, 0.05) is 57.9 Å². The number of fused-ring (bicyclic) bond motifs is 1. The molecule has 15 nitrogen and oxygen atoms in total. The Morgan fingerprint density at radius 1 is 0.714 bits per heavy atom. The average molecular weight is 787 g/mol. The normalized spacial score (nSPS) is 31.3. The van der Waals surface area contributed by atoms with Crippen molar-refractivity contribution in [3.63, 3.8) is 0 Å². The number of esters is 7. The zero-order valence-corrected chi connectivity index (χ0v) is 33.8. The molecule has 0 saturated heterocycles. The van der Waals surface area contributed by atoms with Gasteiger partial charge in [-0.25, -0.2) is 4.79 Å². The lowest BCUT2D eigenvalue weighted by molar-refractivity contribution is -0.200. The molecule has 10 atom stereocenters. The molecule has 0 spiro atoms. The van der Waals surface area contributed by atoms with Gasteiger partial charge in [0.15, 0.2) is 24.4 Å². The summed E-state index contributed by atoms with van der Waals surface area (Å²) >= 11 is 0. The number of rotatable bonds is 9. The Hall–Kier alpha value is -5.05. The van der Waals surface area contributed by atoms with Crippen molar-refractivity contribution in [3.05, 3.63) is 60.2 Å². The molecule has 0 aliphatic heterocycles. The van der Waals surface area contributed by atoms with E-state index in [0.29, 0.717) is 0 Å². The molecule has 1 aromatic rings. The van der Waals surface area contributed by atoms with Gasteiger partial charge in [-0.15, -0.1) is 0 Å². The van der Waals surface area contributed by atoms with Crippen molar-refractivity contribution < 1.29 is 71.8 Å². The van der Waals surface area contributed by atoms with Gasteiger partial charge in [-0.3, -0.25) is 28.8 Å². The van der Waals surface area contributed by atoms with Crippen LogP contribution in [0.25, 0.3) is 0 Å². The van der Waals surface area contributed by atoms with E-state index in [-0.39, 0.29) is 11.1 Å². The lowest BCUT2D eigenvalue weighted by Crippen LogP contribution is -2.60. The van der Waals surface area contributed by atoms with Crippen LogP contribution in [0.2, 0.25) is 0 Å². The molecule has 3 rings (SSSR count). The summed E-state index contributed by atoms with van der Waals surface area (Å²) in [5.41, 5.74) is -5.81. The van der Waals surface area contributed by atoms with Crippen molar-refractivity contribution in [2.75, 3.05) is 0 Å². The molecule has 0 bridgehead atoms. The maximum Gasteiger partial charge on any atom is 0.338 e. The van der Waals surface area contributed by atoms with Gasteiger partial charge in [-0.2, -0.15) is 0 Å². The van der Waals surface area contributed by atoms with Gasteiger partial charge in [0.2, 0.25) is 0 Å². The molecule has 0 heterocycles. The standard InChI is InChI=1S/C41H54O15/c1-21(2)37(47)54-31-23(4)32(55-38(48)29-16-14-13-15-17-29)33(50-24(5)42)36(53-27(8)45)39(10,11)19-18-22(3)34(51-25(6)43)41(49)20-40(12,56-28(9)46)35(30(31)41)52-26(7)44/h13-19,21-22,30-36,49H,4,20H2,1-3,5-12H3. The molecule has 0 radical (unpaired) electrons. The molecule has 15 heteroatoms. The molecule has 2 aliphatic rings. The average Bonchev–Trinajstić information content (AvgIpc) is 3.28. The Kier molecular flexibility index (Phi) is 14.4. The van der Waals surface area contributed by atoms with E-state index in [1.807, 2.05) is 0 Å². The molecule has 1 aromatic carbocycles. The molecule has 1 N–H and O–H groups in total. The predicted molar refractivity (Wildman–Crippen MR) is 197 cm³/mol. The van der Waals surface area contributed by atoms with Crippen molar-refractivity contribution >= 4 is 41.8 Å². The van der Waals surface area contributed by atoms with Crippen molar-refractivity contribution in [1.29, 1.82) is 0 Å². The monoisotopic (exact) mass is 786 g/mol. The van der Waals surface area contributed by atoms with Gasteiger partial charge in [-0.1, -0.05) is 71.5 Å². The molecule has 0 amide bonds. The van der Waals surface area contributed by atoms with E-state index in [1.165, 1.54) is 32.9 Å². The first-order valence-corrected chi connectivity index (χ1v) is 18.3. The van der Waals surface area contributed by atoms with Crippen molar-refractivity contribution in [2.24, 2.45) is 23.2 Å². The number of ether oxygens (including phenoxy) is 7. The minimum Gasteiger partial charge on any atom is -0.459 e. The Morgan fingerprint density at radius 2 is 1.23 bits per heavy atom. The van der Waals surface area contributed by atoms with Gasteiger partial charge >= 0.3 is 41.8 Å². The quantitative estimate of drug-likeness (QED) is 0.210. The van der Waals surface area contributed by atoms with Crippen molar-refractivity contribution in [1.82, 2.24) is 0 Å². The largest absolute Gasteiger partial charge is 0.459 e. The van der Waals surface area contributed by atoms with Crippen molar-refractivity contribution in [2.45, 2.75) is 130 Å². The number of hydrogen-bond donors (Lipinski definition) is 1. The Bertz CT molecular complexity index is 1710. The van der Waals surface area contributed by atoms with Crippen molar-refractivity contribution in [3.8, 4) is 0 Å². The van der Waals surface area contributed by atoms with Crippen LogP contribution in [-0.2, 0) is 61.9 Å². The molecule has 0 aromatic heterocycles. The third-order valence-electron chi connectivity index (χ3n) is 9.84. The molecule has 1 fully saturated rings. The lowest BCUT2D eigenvalue weighted by atomic mass is 9.71. The first kappa shape index (κ1) is 45.3. The third kappa shape index (κ3) is 10.4. The SMILES string of the molecule is C=C1C(OC(=O)c2ccccc2)C(OC(C)=O)C(OC(C)=O)C(C)(C)C=CC(C)C(OC(C)=O)C2(O)CC(C)(OC(C)=O)C(OC(C)=O)C2C1OC(=O)C(C)C. The van der Waals surface area contributed by atoms with Crippen LogP contribution < -0.4 is 0 Å². The van der Waals surface area contributed by atoms with Crippen LogP contribution >= 0.6 is 0 Å². The Labute approximate surface area is 327 Å². The number of hydrogen-bond acceptors (Lipinski definition) is 15. The van der Waals surface area contributed by atoms with E-state index in [1.54, 1.807) is 51.1 Å². The molecular formula is C41H54O15. The summed E-state index contributed by atoms with van der Waals surface area (Å²) in [4.78, 5) is 91.8. The van der Waals surface area contributed by atoms with Crippen LogP contribution in [0.1, 0.15) is 92.9 Å². The number of carbonyl (C=O) groups is 7. The second kappa shape index (κ2) is 17.8. The van der Waals surface area contributed by atoms with E-state index < -0.39 is 119 Å². The highest BCUT2D eigenvalue weighted by atomic mass is 16.6. The predicted octanol–water partition coefficient (Wildman–Crippen LogP) is 4.37. The van der Waals surface area contributed by atoms with E-state index in [9.17, 15) is 38.7 Å². The fourth-order valence-electron chi connectivity index (χ4n) is 7.58. The first-order valence-electron chi connectivity index (χ1n) is 18.3. The minimum atomic E-state index is -2.38. The molecule has 308 valence electrons. The topological polar surface area (TPSA) is 204 Å². The second-order valence-corrected chi connectivity index (χ2v) is 15.6. The smallest absolute Gasteiger partial charge is 0.338 e. The van der Waals surface area contributed by atoms with Gasteiger partial charge in [0.1, 0.15) is 23.4 Å². The highest BCUT2D eigenvalue weighted by Crippen LogP contribution is 2.54. The maximum atomic E-state index is 14.0. The van der Waals surface area contributed by atoms with Crippen LogP contribution in [0.15, 0.2) is 54.6 Å². The number of carbonyl (C=O) groups excluding carboxylic acids is 7. The summed E-state index contributed by atoms with van der Waals surface area (Å²) in [7, 11) is 0. The molecule has 1 saturated carbocycles. The first-order chi connectivity index (χ1) is 25.8. The van der Waals surface area contributed by atoms with Gasteiger partial charge in [-0.05, 0) is 19.1 Å². The summed E-state index contributed by atoms with van der Waals surface area (Å²) < 4.78 is 41.5. The number of aliphatic hydroxyl groups is 1. The van der Waals surface area contributed by atoms with Crippen LogP contribution in [0.5, 0.6) is 0 Å². The van der Waals surface area contributed by atoms with Crippen LogP contribution in [0, 0.1) is 23.2 Å². The third-order valence-corrected chi connectivity index (χ3v) is 9.84. The molecule has 10 unspecified atom stereocenters. The van der Waals surface area contributed by atoms with E-state index in [4.69, 9.17) is 33.2 Å². The Balaban J connectivity index is 2.61. The minimum absolute atomic E-state index is 0.0493. The maximum absolute atomic E-state index is 14.0. The second-order valence-electron chi connectivity index (χ2n) is 15.6. The summed E-state index contributed by atoms with van der Waals surface area (Å²) in [6.07, 6.45) is -7.37. The molecule has 2 aliphatic carbocycles. The van der Waals surface area contributed by atoms with E-state index >= 15 is 0 Å². The van der Waals surface area contributed by atoms with E-state index in [2.05, 4.69) is 6.58 Å². The molecule has 56 heavy (non-hydrogen) atoms. The summed E-state index contributed by atoms with van der Waals surface area (Å²) in [5, 5.41) is 13.2. The lowest BCUT2D eigenvalue weighted by Gasteiger charge is -2.46. The van der Waals surface area contributed by atoms with Crippen LogP contribution in [0.4, 0.5) is 0 Å². The highest BCUT2D eigenvalue weighted by Gasteiger charge is 2.70. The summed E-state index contributed by atoms with van der Waals surface area (Å²) in [5.74, 6) is -9.46. The van der Waals surface area contributed by atoms with Gasteiger partial charge in [0.25, 0.3) is 0 Å². The highest BCUT2D eigenvalue weighted by molar-refractivity contribution is 5.89. The fraction of sp³-hybridized carbons (Fsp3) is 0.585. The van der Waals surface area contributed by atoms with Gasteiger partial charge < -0.3 is 38.3 Å². The van der Waals surface area contributed by atoms with Gasteiger partial charge in [0.05, 0.1) is 17.4 Å². The Morgan fingerprint density at radius 3 is 1.73 bits per heavy atom. The van der Waals surface area contributed by atoms with E-state index in [0.717, 1.165) is 34.6 Å². The summed E-state index contributed by atoms with van der Waals surface area (Å²) in [6, 6.07) is 7.73. The van der Waals surface area contributed by atoms with Crippen LogP contribution in [-0.4, -0.2) is 94.7 Å². The number of benzene rings is 1. The summed E-state index contributed by atoms with van der Waals surface area (Å²) in [6.45, 7) is 19.1.